The summed E-state index contributed by atoms with van der Waals surface area (Å²) in [7, 11) is 1.66. The van der Waals surface area contributed by atoms with Crippen molar-refractivity contribution in [3.63, 3.8) is 0 Å². The molecular formula is C14H18BrNO2. The molecule has 1 aliphatic rings. The topological polar surface area (TPSA) is 39.2 Å². The molecule has 0 bridgehead atoms. The van der Waals surface area contributed by atoms with Crippen LogP contribution >= 0.6 is 15.9 Å². The Morgan fingerprint density at radius 2 is 2.11 bits per heavy atom. The minimum Gasteiger partial charge on any atom is -0.370 e. The lowest BCUT2D eigenvalue weighted by molar-refractivity contribution is -0.144. The molecule has 0 atom stereocenters. The largest absolute Gasteiger partial charge is 0.370 e. The van der Waals surface area contributed by atoms with Crippen LogP contribution in [0.25, 0.3) is 0 Å². The molecule has 0 unspecified atom stereocenters. The van der Waals surface area contributed by atoms with Gasteiger partial charge in [0.25, 0.3) is 0 Å². The molecule has 0 aliphatic heterocycles. The second kappa shape index (κ2) is 5.93. The molecule has 1 fully saturated rings. The molecule has 0 amide bonds. The summed E-state index contributed by atoms with van der Waals surface area (Å²) in [5, 5.41) is 0. The first kappa shape index (κ1) is 13.7. The van der Waals surface area contributed by atoms with Gasteiger partial charge in [-0.2, -0.15) is 0 Å². The number of ether oxygens (including phenoxy) is 1. The zero-order valence-corrected chi connectivity index (χ0v) is 12.2. The van der Waals surface area contributed by atoms with Gasteiger partial charge in [-0.25, -0.2) is 0 Å². The summed E-state index contributed by atoms with van der Waals surface area (Å²) in [5.41, 5.74) is 0.386. The van der Waals surface area contributed by atoms with E-state index in [2.05, 4.69) is 20.9 Å². The quantitative estimate of drug-likeness (QED) is 0.856. The summed E-state index contributed by atoms with van der Waals surface area (Å²) < 4.78 is 6.47. The highest BCUT2D eigenvalue weighted by atomic mass is 79.9. The van der Waals surface area contributed by atoms with Crippen molar-refractivity contribution in [3.05, 3.63) is 28.5 Å². The van der Waals surface area contributed by atoms with Gasteiger partial charge in [0.05, 0.1) is 0 Å². The van der Waals surface area contributed by atoms with Crippen molar-refractivity contribution in [3.8, 4) is 0 Å². The molecule has 0 N–H and O–H groups in total. The maximum Gasteiger partial charge on any atom is 0.169 e. The van der Waals surface area contributed by atoms with E-state index in [1.54, 1.807) is 19.5 Å². The Morgan fingerprint density at radius 1 is 1.39 bits per heavy atom. The number of pyridine rings is 1. The number of Topliss-reactive ketones (excluding diaryl/α,β-unsaturated/α-hetero) is 1. The van der Waals surface area contributed by atoms with Gasteiger partial charge in [0.1, 0.15) is 5.60 Å². The molecule has 0 aromatic carbocycles. The first-order chi connectivity index (χ1) is 8.66. The number of ketones is 1. The fourth-order valence-corrected chi connectivity index (χ4v) is 3.03. The van der Waals surface area contributed by atoms with Crippen LogP contribution in [0.2, 0.25) is 0 Å². The molecule has 1 aromatic heterocycles. The van der Waals surface area contributed by atoms with Gasteiger partial charge in [0.15, 0.2) is 5.78 Å². The Labute approximate surface area is 116 Å². The Bertz CT molecular complexity index is 428. The van der Waals surface area contributed by atoms with Crippen molar-refractivity contribution in [1.82, 2.24) is 4.98 Å². The number of carbonyl (C=O) groups excluding carboxylic acids is 1. The maximum absolute atomic E-state index is 12.5. The van der Waals surface area contributed by atoms with Gasteiger partial charge in [0.2, 0.25) is 0 Å². The highest BCUT2D eigenvalue weighted by Gasteiger charge is 2.38. The molecule has 3 nitrogen and oxygen atoms in total. The predicted molar refractivity (Wildman–Crippen MR) is 73.5 cm³/mol. The lowest BCUT2D eigenvalue weighted by Gasteiger charge is -2.34. The lowest BCUT2D eigenvalue weighted by Crippen LogP contribution is -2.43. The van der Waals surface area contributed by atoms with Gasteiger partial charge in [-0.1, -0.05) is 19.3 Å². The first-order valence-electron chi connectivity index (χ1n) is 6.34. The van der Waals surface area contributed by atoms with Gasteiger partial charge in [-0.15, -0.1) is 0 Å². The molecule has 98 valence electrons. The summed E-state index contributed by atoms with van der Waals surface area (Å²) in [6.07, 6.45) is 8.94. The lowest BCUT2D eigenvalue weighted by atomic mass is 9.80. The van der Waals surface area contributed by atoms with Crippen LogP contribution < -0.4 is 0 Å². The van der Waals surface area contributed by atoms with Crippen LogP contribution in [0.4, 0.5) is 0 Å². The van der Waals surface area contributed by atoms with E-state index in [9.17, 15) is 4.79 Å². The Hall–Kier alpha value is -0.740. The predicted octanol–water partition coefficient (Wildman–Crippen LogP) is 3.31. The van der Waals surface area contributed by atoms with Gasteiger partial charge in [-0.05, 0) is 40.4 Å². The van der Waals surface area contributed by atoms with Crippen molar-refractivity contribution in [2.45, 2.75) is 44.1 Å². The zero-order valence-electron chi connectivity index (χ0n) is 10.6. The summed E-state index contributed by atoms with van der Waals surface area (Å²) in [6.45, 7) is 0. The fourth-order valence-electron chi connectivity index (χ4n) is 2.62. The van der Waals surface area contributed by atoms with Gasteiger partial charge in [0, 0.05) is 30.4 Å². The average Bonchev–Trinajstić information content (AvgIpc) is 2.39. The molecule has 4 heteroatoms. The van der Waals surface area contributed by atoms with Crippen molar-refractivity contribution >= 4 is 21.7 Å². The molecule has 2 rings (SSSR count). The number of rotatable bonds is 4. The summed E-state index contributed by atoms with van der Waals surface area (Å²) in [4.78, 5) is 16.6. The van der Waals surface area contributed by atoms with Crippen molar-refractivity contribution in [2.24, 2.45) is 0 Å². The number of carbonyl (C=O) groups is 1. The molecule has 0 spiro atoms. The normalized spacial score (nSPS) is 18.6. The van der Waals surface area contributed by atoms with E-state index < -0.39 is 5.60 Å². The molecular weight excluding hydrogens is 294 g/mol. The minimum atomic E-state index is -0.555. The van der Waals surface area contributed by atoms with Crippen LogP contribution in [0.3, 0.4) is 0 Å². The second-order valence-electron chi connectivity index (χ2n) is 4.87. The SMILES string of the molecule is COC1(C(=O)Cc2cncc(Br)c2)CCCCC1. The van der Waals surface area contributed by atoms with Crippen molar-refractivity contribution < 1.29 is 9.53 Å². The second-order valence-corrected chi connectivity index (χ2v) is 5.79. The minimum absolute atomic E-state index is 0.185. The first-order valence-corrected chi connectivity index (χ1v) is 7.13. The van der Waals surface area contributed by atoms with Gasteiger partial charge in [-0.3, -0.25) is 9.78 Å². The van der Waals surface area contributed by atoms with E-state index in [0.717, 1.165) is 35.7 Å². The van der Waals surface area contributed by atoms with Gasteiger partial charge < -0.3 is 4.74 Å². The third kappa shape index (κ3) is 2.98. The third-order valence-electron chi connectivity index (χ3n) is 3.69. The van der Waals surface area contributed by atoms with Crippen molar-refractivity contribution in [2.75, 3.05) is 7.11 Å². The van der Waals surface area contributed by atoms with Crippen LogP contribution in [-0.2, 0) is 16.0 Å². The smallest absolute Gasteiger partial charge is 0.169 e. The standard InChI is InChI=1S/C14H18BrNO2/c1-18-14(5-3-2-4-6-14)13(17)8-11-7-12(15)10-16-9-11/h7,9-10H,2-6,8H2,1H3. The summed E-state index contributed by atoms with van der Waals surface area (Å²) >= 11 is 3.37. The fraction of sp³-hybridized carbons (Fsp3) is 0.571. The molecule has 1 heterocycles. The molecule has 1 saturated carbocycles. The molecule has 1 aromatic rings. The van der Waals surface area contributed by atoms with E-state index in [1.807, 2.05) is 6.07 Å². The molecule has 1 aliphatic carbocycles. The van der Waals surface area contributed by atoms with E-state index >= 15 is 0 Å². The Kier molecular flexibility index (Phi) is 4.51. The molecule has 0 radical (unpaired) electrons. The van der Waals surface area contributed by atoms with E-state index in [-0.39, 0.29) is 5.78 Å². The van der Waals surface area contributed by atoms with Gasteiger partial charge >= 0.3 is 0 Å². The number of nitrogens with zero attached hydrogens (tertiary/aromatic N) is 1. The zero-order chi connectivity index (χ0) is 13.0. The summed E-state index contributed by atoms with van der Waals surface area (Å²) in [6, 6.07) is 1.94. The average molecular weight is 312 g/mol. The number of hydrogen-bond acceptors (Lipinski definition) is 3. The number of hydrogen-bond donors (Lipinski definition) is 0. The highest BCUT2D eigenvalue weighted by molar-refractivity contribution is 9.10. The number of halogens is 1. The van der Waals surface area contributed by atoms with E-state index in [4.69, 9.17) is 4.74 Å². The Balaban J connectivity index is 2.10. The van der Waals surface area contributed by atoms with Crippen LogP contribution in [0.5, 0.6) is 0 Å². The van der Waals surface area contributed by atoms with Crippen LogP contribution in [0, 0.1) is 0 Å². The third-order valence-corrected chi connectivity index (χ3v) is 4.12. The van der Waals surface area contributed by atoms with E-state index in [0.29, 0.717) is 6.42 Å². The van der Waals surface area contributed by atoms with Crippen molar-refractivity contribution in [1.29, 1.82) is 0 Å². The summed E-state index contributed by atoms with van der Waals surface area (Å²) in [5.74, 6) is 0.185. The van der Waals surface area contributed by atoms with E-state index in [1.165, 1.54) is 6.42 Å². The Morgan fingerprint density at radius 3 is 2.72 bits per heavy atom. The maximum atomic E-state index is 12.5. The molecule has 0 saturated heterocycles. The number of methoxy groups -OCH3 is 1. The highest BCUT2D eigenvalue weighted by Crippen LogP contribution is 2.33. The molecule has 18 heavy (non-hydrogen) atoms. The number of aromatic nitrogens is 1. The van der Waals surface area contributed by atoms with Crippen LogP contribution in [0.15, 0.2) is 22.9 Å². The van der Waals surface area contributed by atoms with Crippen LogP contribution in [0.1, 0.15) is 37.7 Å². The van der Waals surface area contributed by atoms with Crippen LogP contribution in [-0.4, -0.2) is 23.5 Å². The monoisotopic (exact) mass is 311 g/mol.